The van der Waals surface area contributed by atoms with Crippen molar-refractivity contribution in [1.82, 2.24) is 10.6 Å². The monoisotopic (exact) mass is 286 g/mol. The number of nitrogens with one attached hydrogen (secondary N) is 2. The lowest BCUT2D eigenvalue weighted by Crippen LogP contribution is -2.48. The molecule has 1 aliphatic heterocycles. The first-order valence-electron chi connectivity index (χ1n) is 6.98. The molecule has 110 valence electrons. The molecule has 0 fully saturated rings. The molecule has 1 aromatic carbocycles. The third kappa shape index (κ3) is 2.51. The molecular weight excluding hydrogens is 268 g/mol. The summed E-state index contributed by atoms with van der Waals surface area (Å²) in [5.74, 6) is 0.219. The largest absolute Gasteiger partial charge is 0.508 e. The molecule has 1 aliphatic carbocycles. The summed E-state index contributed by atoms with van der Waals surface area (Å²) in [6.45, 7) is 4.05. The number of urea groups is 1. The highest BCUT2D eigenvalue weighted by atomic mass is 16.3. The minimum Gasteiger partial charge on any atom is -0.508 e. The first-order valence-corrected chi connectivity index (χ1v) is 6.98. The number of hydrogen-bond donors (Lipinski definition) is 3. The van der Waals surface area contributed by atoms with E-state index in [9.17, 15) is 14.7 Å². The Kier molecular flexibility index (Phi) is 3.01. The summed E-state index contributed by atoms with van der Waals surface area (Å²) >= 11 is 0. The highest BCUT2D eigenvalue weighted by Crippen LogP contribution is 2.41. The zero-order valence-corrected chi connectivity index (χ0v) is 12.1. The van der Waals surface area contributed by atoms with Crippen molar-refractivity contribution in [2.75, 3.05) is 0 Å². The number of phenols is 1. The molecule has 1 atom stereocenters. The lowest BCUT2D eigenvalue weighted by Gasteiger charge is -2.38. The van der Waals surface area contributed by atoms with E-state index in [1.54, 1.807) is 24.3 Å². The van der Waals surface area contributed by atoms with Gasteiger partial charge in [0.25, 0.3) is 0 Å². The number of benzene rings is 1. The topological polar surface area (TPSA) is 78.4 Å². The van der Waals surface area contributed by atoms with Gasteiger partial charge in [-0.2, -0.15) is 0 Å². The minimum atomic E-state index is -0.446. The van der Waals surface area contributed by atoms with Gasteiger partial charge >= 0.3 is 6.03 Å². The summed E-state index contributed by atoms with van der Waals surface area (Å²) in [5, 5.41) is 15.0. The van der Waals surface area contributed by atoms with Gasteiger partial charge in [-0.15, -0.1) is 0 Å². The van der Waals surface area contributed by atoms with E-state index in [2.05, 4.69) is 10.6 Å². The maximum atomic E-state index is 12.5. The summed E-state index contributed by atoms with van der Waals surface area (Å²) in [6, 6.07) is 5.82. The second-order valence-corrected chi connectivity index (χ2v) is 6.46. The van der Waals surface area contributed by atoms with E-state index < -0.39 is 6.04 Å². The van der Waals surface area contributed by atoms with Crippen LogP contribution in [0, 0.1) is 5.41 Å². The highest BCUT2D eigenvalue weighted by Gasteiger charge is 2.40. The van der Waals surface area contributed by atoms with Crippen molar-refractivity contribution in [3.63, 3.8) is 0 Å². The zero-order chi connectivity index (χ0) is 15.2. The number of Topliss-reactive ketones (excluding diaryl/α,β-unsaturated/α-hetero) is 1. The summed E-state index contributed by atoms with van der Waals surface area (Å²) in [5.41, 5.74) is 2.01. The van der Waals surface area contributed by atoms with Crippen molar-refractivity contribution < 1.29 is 14.7 Å². The predicted octanol–water partition coefficient (Wildman–Crippen LogP) is 2.39. The average molecular weight is 286 g/mol. The Morgan fingerprint density at radius 1 is 1.14 bits per heavy atom. The van der Waals surface area contributed by atoms with Crippen LogP contribution in [0.5, 0.6) is 5.75 Å². The Morgan fingerprint density at radius 3 is 2.48 bits per heavy atom. The normalized spacial score (nSPS) is 24.2. The quantitative estimate of drug-likeness (QED) is 0.741. The minimum absolute atomic E-state index is 0.0619. The molecule has 0 bridgehead atoms. The maximum absolute atomic E-state index is 12.5. The van der Waals surface area contributed by atoms with E-state index in [-0.39, 0.29) is 23.0 Å². The molecule has 5 heteroatoms. The van der Waals surface area contributed by atoms with Crippen LogP contribution in [-0.4, -0.2) is 16.9 Å². The second-order valence-electron chi connectivity index (χ2n) is 6.46. The van der Waals surface area contributed by atoms with Gasteiger partial charge in [0.2, 0.25) is 0 Å². The van der Waals surface area contributed by atoms with Gasteiger partial charge in [0.15, 0.2) is 5.78 Å². The lowest BCUT2D eigenvalue weighted by molar-refractivity contribution is -0.118. The fourth-order valence-electron chi connectivity index (χ4n) is 3.07. The molecule has 0 unspecified atom stereocenters. The van der Waals surface area contributed by atoms with Crippen LogP contribution >= 0.6 is 0 Å². The van der Waals surface area contributed by atoms with Crippen molar-refractivity contribution in [3.8, 4) is 5.75 Å². The van der Waals surface area contributed by atoms with Crippen LogP contribution in [0.1, 0.15) is 38.3 Å². The molecular formula is C16H18N2O3. The van der Waals surface area contributed by atoms with E-state index in [1.807, 2.05) is 13.8 Å². The van der Waals surface area contributed by atoms with Crippen molar-refractivity contribution in [2.24, 2.45) is 5.41 Å². The zero-order valence-electron chi connectivity index (χ0n) is 12.1. The van der Waals surface area contributed by atoms with Crippen LogP contribution in [0.3, 0.4) is 0 Å². The average Bonchev–Trinajstić information content (AvgIpc) is 2.36. The van der Waals surface area contributed by atoms with Crippen molar-refractivity contribution in [2.45, 2.75) is 32.7 Å². The molecule has 0 aromatic heterocycles. The molecule has 0 spiro atoms. The molecule has 0 saturated carbocycles. The number of allylic oxidation sites excluding steroid dienone is 1. The fourth-order valence-corrected chi connectivity index (χ4v) is 3.07. The highest BCUT2D eigenvalue weighted by molar-refractivity contribution is 6.01. The van der Waals surface area contributed by atoms with Gasteiger partial charge in [0.1, 0.15) is 5.75 Å². The molecule has 0 saturated heterocycles. The second kappa shape index (κ2) is 4.62. The summed E-state index contributed by atoms with van der Waals surface area (Å²) < 4.78 is 0. The number of hydrogen-bond acceptors (Lipinski definition) is 3. The molecule has 3 rings (SSSR count). The number of phenolic OH excluding ortho intramolecular Hbond substituents is 1. The Morgan fingerprint density at radius 2 is 1.81 bits per heavy atom. The molecule has 2 amide bonds. The Balaban J connectivity index is 2.06. The Hall–Kier alpha value is -2.30. The smallest absolute Gasteiger partial charge is 0.319 e. The first kappa shape index (κ1) is 13.7. The lowest BCUT2D eigenvalue weighted by atomic mass is 9.73. The van der Waals surface area contributed by atoms with E-state index in [0.29, 0.717) is 18.4 Å². The van der Waals surface area contributed by atoms with Crippen LogP contribution < -0.4 is 10.6 Å². The number of ketones is 1. The van der Waals surface area contributed by atoms with Crippen LogP contribution in [0.15, 0.2) is 35.5 Å². The van der Waals surface area contributed by atoms with Crippen LogP contribution in [0.4, 0.5) is 4.79 Å². The third-order valence-corrected chi connectivity index (χ3v) is 3.97. The predicted molar refractivity (Wildman–Crippen MR) is 77.6 cm³/mol. The number of carbonyl (C=O) groups excluding carboxylic acids is 2. The van der Waals surface area contributed by atoms with Gasteiger partial charge in [0, 0.05) is 17.7 Å². The summed E-state index contributed by atoms with van der Waals surface area (Å²) in [6.07, 6.45) is 1.15. The van der Waals surface area contributed by atoms with Gasteiger partial charge in [-0.1, -0.05) is 26.0 Å². The van der Waals surface area contributed by atoms with Crippen LogP contribution in [-0.2, 0) is 4.79 Å². The molecule has 0 radical (unpaired) electrons. The fraction of sp³-hybridized carbons (Fsp3) is 0.375. The van der Waals surface area contributed by atoms with Gasteiger partial charge < -0.3 is 15.7 Å². The molecule has 1 aromatic rings. The van der Waals surface area contributed by atoms with E-state index >= 15 is 0 Å². The van der Waals surface area contributed by atoms with E-state index in [4.69, 9.17) is 0 Å². The number of rotatable bonds is 1. The van der Waals surface area contributed by atoms with Gasteiger partial charge in [-0.3, -0.25) is 4.79 Å². The molecule has 5 nitrogen and oxygen atoms in total. The first-order chi connectivity index (χ1) is 9.85. The SMILES string of the molecule is CC1(C)CC(=O)C2=C(C1)NC(=O)N[C@H]2c1ccc(O)cc1. The number of aromatic hydroxyl groups is 1. The summed E-state index contributed by atoms with van der Waals surface area (Å²) in [7, 11) is 0. The number of amides is 2. The Bertz CT molecular complexity index is 644. The maximum Gasteiger partial charge on any atom is 0.319 e. The van der Waals surface area contributed by atoms with E-state index in [1.165, 1.54) is 0 Å². The van der Waals surface area contributed by atoms with Gasteiger partial charge in [-0.05, 0) is 29.5 Å². The number of carbonyl (C=O) groups is 2. The summed E-state index contributed by atoms with van der Waals surface area (Å²) in [4.78, 5) is 24.4. The molecule has 3 N–H and O–H groups in total. The van der Waals surface area contributed by atoms with Crippen molar-refractivity contribution in [1.29, 1.82) is 0 Å². The van der Waals surface area contributed by atoms with Crippen molar-refractivity contribution in [3.05, 3.63) is 41.1 Å². The van der Waals surface area contributed by atoms with Gasteiger partial charge in [0.05, 0.1) is 6.04 Å². The third-order valence-electron chi connectivity index (χ3n) is 3.97. The van der Waals surface area contributed by atoms with Crippen molar-refractivity contribution >= 4 is 11.8 Å². The van der Waals surface area contributed by atoms with Crippen LogP contribution in [0.25, 0.3) is 0 Å². The standard InChI is InChI=1S/C16H18N2O3/c1-16(2)7-11-13(12(20)8-16)14(18-15(21)17-11)9-3-5-10(19)6-4-9/h3-6,14,19H,7-8H2,1-2H3,(H2,17,18,21)/t14-/m0/s1. The Labute approximate surface area is 123 Å². The molecule has 1 heterocycles. The molecule has 2 aliphatic rings. The molecule has 21 heavy (non-hydrogen) atoms. The van der Waals surface area contributed by atoms with Gasteiger partial charge in [-0.25, -0.2) is 4.79 Å². The van der Waals surface area contributed by atoms with Crippen LogP contribution in [0.2, 0.25) is 0 Å². The van der Waals surface area contributed by atoms with E-state index in [0.717, 1.165) is 11.3 Å².